The maximum Gasteiger partial charge on any atom is 0.112 e. The molecule has 3 unspecified atom stereocenters. The number of hydrogen-bond donors (Lipinski definition) is 1. The Morgan fingerprint density at radius 1 is 1.23 bits per heavy atom. The quantitative estimate of drug-likeness (QED) is 0.714. The van der Waals surface area contributed by atoms with Crippen molar-refractivity contribution in [3.8, 4) is 0 Å². The molecular formula is C10H21NO2. The molecule has 1 saturated heterocycles. The van der Waals surface area contributed by atoms with Crippen LogP contribution >= 0.6 is 0 Å². The van der Waals surface area contributed by atoms with E-state index in [9.17, 15) is 5.11 Å². The van der Waals surface area contributed by atoms with Crippen molar-refractivity contribution in [2.75, 3.05) is 20.2 Å². The van der Waals surface area contributed by atoms with E-state index in [0.717, 1.165) is 13.1 Å². The van der Waals surface area contributed by atoms with E-state index in [0.29, 0.717) is 0 Å². The van der Waals surface area contributed by atoms with Crippen LogP contribution in [0.3, 0.4) is 0 Å². The number of likely N-dealkylation sites (tertiary alicyclic amines) is 1. The molecule has 0 bridgehead atoms. The van der Waals surface area contributed by atoms with Gasteiger partial charge in [0.15, 0.2) is 0 Å². The fourth-order valence-corrected chi connectivity index (χ4v) is 1.80. The van der Waals surface area contributed by atoms with Gasteiger partial charge in [0, 0.05) is 26.1 Å². The molecule has 0 aromatic carbocycles. The second kappa shape index (κ2) is 4.94. The Bertz CT molecular complexity index is 146. The Morgan fingerprint density at radius 3 is 2.23 bits per heavy atom. The average Bonchev–Trinajstić information content (AvgIpc) is 2.67. The predicted octanol–water partition coefficient (Wildman–Crippen LogP) is 1.07. The number of methoxy groups -OCH3 is 1. The Balaban J connectivity index is 2.40. The SMILES string of the molecule is COC(C)C(C)C(O)N1CCCC1. The number of ether oxygens (including phenoxy) is 1. The molecular weight excluding hydrogens is 166 g/mol. The van der Waals surface area contributed by atoms with Gasteiger partial charge in [-0.15, -0.1) is 0 Å². The van der Waals surface area contributed by atoms with Crippen molar-refractivity contribution in [1.82, 2.24) is 4.90 Å². The van der Waals surface area contributed by atoms with E-state index in [1.807, 2.05) is 13.8 Å². The molecule has 1 fully saturated rings. The summed E-state index contributed by atoms with van der Waals surface area (Å²) in [7, 11) is 1.69. The zero-order chi connectivity index (χ0) is 9.84. The number of rotatable bonds is 4. The van der Waals surface area contributed by atoms with Crippen molar-refractivity contribution in [1.29, 1.82) is 0 Å². The van der Waals surface area contributed by atoms with Crippen LogP contribution in [-0.4, -0.2) is 42.5 Å². The molecule has 78 valence electrons. The molecule has 3 atom stereocenters. The fraction of sp³-hybridized carbons (Fsp3) is 1.00. The highest BCUT2D eigenvalue weighted by Crippen LogP contribution is 2.19. The summed E-state index contributed by atoms with van der Waals surface area (Å²) in [5, 5.41) is 9.96. The minimum atomic E-state index is -0.336. The van der Waals surface area contributed by atoms with Crippen LogP contribution in [0.2, 0.25) is 0 Å². The summed E-state index contributed by atoms with van der Waals surface area (Å²) in [6.07, 6.45) is 2.21. The third-order valence-corrected chi connectivity index (χ3v) is 3.10. The highest BCUT2D eigenvalue weighted by molar-refractivity contribution is 4.75. The zero-order valence-electron chi connectivity index (χ0n) is 8.86. The van der Waals surface area contributed by atoms with Gasteiger partial charge in [-0.2, -0.15) is 0 Å². The molecule has 1 aliphatic heterocycles. The van der Waals surface area contributed by atoms with Crippen LogP contribution in [0.25, 0.3) is 0 Å². The third kappa shape index (κ3) is 2.66. The molecule has 0 saturated carbocycles. The second-order valence-electron chi connectivity index (χ2n) is 3.96. The van der Waals surface area contributed by atoms with Gasteiger partial charge in [-0.25, -0.2) is 0 Å². The number of aliphatic hydroxyl groups is 1. The molecule has 0 amide bonds. The van der Waals surface area contributed by atoms with Crippen LogP contribution in [0, 0.1) is 5.92 Å². The molecule has 1 heterocycles. The summed E-state index contributed by atoms with van der Waals surface area (Å²) in [6, 6.07) is 0. The van der Waals surface area contributed by atoms with E-state index >= 15 is 0 Å². The first-order chi connectivity index (χ1) is 6.16. The van der Waals surface area contributed by atoms with Crippen LogP contribution in [0.1, 0.15) is 26.7 Å². The van der Waals surface area contributed by atoms with Crippen molar-refractivity contribution in [2.45, 2.75) is 39.0 Å². The first-order valence-corrected chi connectivity index (χ1v) is 5.11. The van der Waals surface area contributed by atoms with Crippen molar-refractivity contribution in [3.05, 3.63) is 0 Å². The van der Waals surface area contributed by atoms with Gasteiger partial charge in [0.25, 0.3) is 0 Å². The maximum absolute atomic E-state index is 9.96. The van der Waals surface area contributed by atoms with E-state index in [2.05, 4.69) is 4.90 Å². The van der Waals surface area contributed by atoms with E-state index in [1.54, 1.807) is 7.11 Å². The van der Waals surface area contributed by atoms with Crippen molar-refractivity contribution >= 4 is 0 Å². The Hall–Kier alpha value is -0.120. The van der Waals surface area contributed by atoms with Gasteiger partial charge >= 0.3 is 0 Å². The lowest BCUT2D eigenvalue weighted by atomic mass is 10.0. The number of nitrogens with zero attached hydrogens (tertiary/aromatic N) is 1. The first kappa shape index (κ1) is 11.0. The van der Waals surface area contributed by atoms with E-state index in [1.165, 1.54) is 12.8 Å². The summed E-state index contributed by atoms with van der Waals surface area (Å²) in [4.78, 5) is 2.14. The van der Waals surface area contributed by atoms with Gasteiger partial charge in [-0.1, -0.05) is 6.92 Å². The van der Waals surface area contributed by atoms with Crippen molar-refractivity contribution in [2.24, 2.45) is 5.92 Å². The van der Waals surface area contributed by atoms with Gasteiger partial charge in [-0.3, -0.25) is 4.90 Å². The average molecular weight is 187 g/mol. The molecule has 0 aliphatic carbocycles. The summed E-state index contributed by atoms with van der Waals surface area (Å²) < 4.78 is 5.21. The van der Waals surface area contributed by atoms with Gasteiger partial charge in [0.05, 0.1) is 6.10 Å². The standard InChI is InChI=1S/C10H21NO2/c1-8(9(2)13-3)10(12)11-6-4-5-7-11/h8-10,12H,4-7H2,1-3H3. The van der Waals surface area contributed by atoms with E-state index in [-0.39, 0.29) is 18.2 Å². The fourth-order valence-electron chi connectivity index (χ4n) is 1.80. The number of hydrogen-bond acceptors (Lipinski definition) is 3. The van der Waals surface area contributed by atoms with Crippen LogP contribution in [0.15, 0.2) is 0 Å². The van der Waals surface area contributed by atoms with Gasteiger partial charge < -0.3 is 9.84 Å². The largest absolute Gasteiger partial charge is 0.381 e. The minimum Gasteiger partial charge on any atom is -0.381 e. The summed E-state index contributed by atoms with van der Waals surface area (Å²) in [5.74, 6) is 0.183. The molecule has 13 heavy (non-hydrogen) atoms. The molecule has 1 N–H and O–H groups in total. The van der Waals surface area contributed by atoms with Gasteiger partial charge in [0.2, 0.25) is 0 Å². The van der Waals surface area contributed by atoms with Crippen molar-refractivity contribution < 1.29 is 9.84 Å². The lowest BCUT2D eigenvalue weighted by Crippen LogP contribution is -2.41. The van der Waals surface area contributed by atoms with Gasteiger partial charge in [0.1, 0.15) is 6.23 Å². The van der Waals surface area contributed by atoms with Crippen LogP contribution < -0.4 is 0 Å². The Kier molecular flexibility index (Phi) is 4.16. The number of aliphatic hydroxyl groups excluding tert-OH is 1. The molecule has 3 heteroatoms. The highest BCUT2D eigenvalue weighted by Gasteiger charge is 2.27. The first-order valence-electron chi connectivity index (χ1n) is 5.11. The summed E-state index contributed by atoms with van der Waals surface area (Å²) in [5.41, 5.74) is 0. The highest BCUT2D eigenvalue weighted by atomic mass is 16.5. The second-order valence-corrected chi connectivity index (χ2v) is 3.96. The molecule has 0 radical (unpaired) electrons. The van der Waals surface area contributed by atoms with E-state index < -0.39 is 0 Å². The molecule has 1 rings (SSSR count). The molecule has 0 aromatic rings. The monoisotopic (exact) mass is 187 g/mol. The Morgan fingerprint density at radius 2 is 1.77 bits per heavy atom. The molecule has 0 spiro atoms. The maximum atomic E-state index is 9.96. The topological polar surface area (TPSA) is 32.7 Å². The van der Waals surface area contributed by atoms with E-state index in [4.69, 9.17) is 4.74 Å². The van der Waals surface area contributed by atoms with Crippen LogP contribution in [0.5, 0.6) is 0 Å². The smallest absolute Gasteiger partial charge is 0.112 e. The Labute approximate surface area is 80.7 Å². The molecule has 1 aliphatic rings. The van der Waals surface area contributed by atoms with Gasteiger partial charge in [-0.05, 0) is 19.8 Å². The van der Waals surface area contributed by atoms with Crippen LogP contribution in [-0.2, 0) is 4.74 Å². The van der Waals surface area contributed by atoms with Crippen molar-refractivity contribution in [3.63, 3.8) is 0 Å². The lowest BCUT2D eigenvalue weighted by molar-refractivity contribution is -0.0698. The lowest BCUT2D eigenvalue weighted by Gasteiger charge is -2.30. The molecule has 3 nitrogen and oxygen atoms in total. The third-order valence-electron chi connectivity index (χ3n) is 3.10. The van der Waals surface area contributed by atoms with Crippen LogP contribution in [0.4, 0.5) is 0 Å². The molecule has 0 aromatic heterocycles. The normalized spacial score (nSPS) is 25.8. The minimum absolute atomic E-state index is 0.121. The summed E-state index contributed by atoms with van der Waals surface area (Å²) in [6.45, 7) is 6.10. The predicted molar refractivity (Wildman–Crippen MR) is 52.4 cm³/mol. The zero-order valence-corrected chi connectivity index (χ0v) is 8.86. The summed E-state index contributed by atoms with van der Waals surface area (Å²) >= 11 is 0.